The van der Waals surface area contributed by atoms with E-state index in [-0.39, 0.29) is 10.9 Å². The molecule has 0 aliphatic carbocycles. The van der Waals surface area contributed by atoms with Crippen LogP contribution in [0.25, 0.3) is 0 Å². The van der Waals surface area contributed by atoms with Crippen molar-refractivity contribution in [3.63, 3.8) is 0 Å². The van der Waals surface area contributed by atoms with Gasteiger partial charge in [0.25, 0.3) is 0 Å². The quantitative estimate of drug-likeness (QED) is 0.867. The maximum Gasteiger partial charge on any atom is 0.178 e. The van der Waals surface area contributed by atoms with Crippen LogP contribution in [0.1, 0.15) is 37.4 Å². The highest BCUT2D eigenvalue weighted by Gasteiger charge is 2.31. The van der Waals surface area contributed by atoms with Gasteiger partial charge in [-0.1, -0.05) is 0 Å². The molecule has 0 radical (unpaired) electrons. The molecule has 1 atom stereocenters. The fourth-order valence-corrected chi connectivity index (χ4v) is 3.86. The number of nitrogens with zero attached hydrogens (tertiary/aromatic N) is 4. The molecule has 24 heavy (non-hydrogen) atoms. The maximum absolute atomic E-state index is 12.0. The Balaban J connectivity index is 1.90. The van der Waals surface area contributed by atoms with Crippen LogP contribution in [0.2, 0.25) is 0 Å². The van der Waals surface area contributed by atoms with E-state index in [0.29, 0.717) is 38.0 Å². The van der Waals surface area contributed by atoms with Gasteiger partial charge >= 0.3 is 0 Å². The summed E-state index contributed by atoms with van der Waals surface area (Å²) < 4.78 is 31.7. The Labute approximate surface area is 141 Å². The zero-order valence-electron chi connectivity index (χ0n) is 14.1. The lowest BCUT2D eigenvalue weighted by Gasteiger charge is -2.35. The lowest BCUT2D eigenvalue weighted by atomic mass is 10.1. The van der Waals surface area contributed by atoms with Crippen molar-refractivity contribution in [2.75, 3.05) is 26.0 Å². The molecule has 0 spiro atoms. The van der Waals surface area contributed by atoms with Crippen molar-refractivity contribution in [2.24, 2.45) is 0 Å². The van der Waals surface area contributed by atoms with Crippen LogP contribution in [-0.2, 0) is 21.1 Å². The number of ether oxygens (including phenoxy) is 1. The fraction of sp³-hybridized carbons (Fsp3) is 0.600. The molecule has 3 rings (SSSR count). The highest BCUT2D eigenvalue weighted by Crippen LogP contribution is 2.29. The van der Waals surface area contributed by atoms with Crippen LogP contribution in [0.15, 0.2) is 23.5 Å². The molecule has 1 saturated heterocycles. The third-order valence-electron chi connectivity index (χ3n) is 4.25. The largest absolute Gasteiger partial charge is 0.378 e. The summed E-state index contributed by atoms with van der Waals surface area (Å²) >= 11 is 0. The zero-order chi connectivity index (χ0) is 17.3. The topological polar surface area (TPSA) is 93.1 Å². The third kappa shape index (κ3) is 3.38. The molecular weight excluding hydrogens is 330 g/mol. The van der Waals surface area contributed by atoms with Gasteiger partial charge in [-0.25, -0.2) is 13.4 Å². The van der Waals surface area contributed by atoms with E-state index in [4.69, 9.17) is 4.74 Å². The van der Waals surface area contributed by atoms with Gasteiger partial charge in [0.05, 0.1) is 37.7 Å². The molecule has 2 aromatic rings. The Bertz CT molecular complexity index is 796. The minimum Gasteiger partial charge on any atom is -0.378 e. The molecule has 1 fully saturated rings. The molecule has 2 aromatic heterocycles. The molecule has 132 valence electrons. The van der Waals surface area contributed by atoms with Crippen LogP contribution >= 0.6 is 0 Å². The average Bonchev–Trinajstić information content (AvgIpc) is 3.15. The van der Waals surface area contributed by atoms with E-state index in [2.05, 4.69) is 38.5 Å². The van der Waals surface area contributed by atoms with Gasteiger partial charge in [-0.05, 0) is 13.8 Å². The Morgan fingerprint density at radius 1 is 1.46 bits per heavy atom. The molecule has 1 N–H and O–H groups in total. The summed E-state index contributed by atoms with van der Waals surface area (Å²) in [5.74, 6) is 0.956. The fourth-order valence-electron chi connectivity index (χ4n) is 3.03. The Kier molecular flexibility index (Phi) is 4.75. The summed E-state index contributed by atoms with van der Waals surface area (Å²) in [6, 6.07) is 0.129. The number of sulfone groups is 1. The second-order valence-electron chi connectivity index (χ2n) is 6.33. The van der Waals surface area contributed by atoms with Gasteiger partial charge in [-0.2, -0.15) is 5.10 Å². The first kappa shape index (κ1) is 17.1. The second-order valence-corrected chi connectivity index (χ2v) is 8.31. The number of nitrogens with one attached hydrogen (secondary N) is 1. The van der Waals surface area contributed by atoms with Gasteiger partial charge in [0.2, 0.25) is 0 Å². The Morgan fingerprint density at radius 3 is 2.96 bits per heavy atom. The van der Waals surface area contributed by atoms with Crippen molar-refractivity contribution in [1.29, 1.82) is 0 Å². The van der Waals surface area contributed by atoms with Crippen molar-refractivity contribution < 1.29 is 13.2 Å². The van der Waals surface area contributed by atoms with E-state index in [1.54, 1.807) is 6.20 Å². The van der Waals surface area contributed by atoms with Crippen LogP contribution in [0, 0.1) is 0 Å². The zero-order valence-corrected chi connectivity index (χ0v) is 15.0. The van der Waals surface area contributed by atoms with E-state index in [1.165, 1.54) is 12.5 Å². The number of morpholine rings is 1. The van der Waals surface area contributed by atoms with Gasteiger partial charge in [0.1, 0.15) is 10.7 Å². The van der Waals surface area contributed by atoms with Crippen LogP contribution in [0.3, 0.4) is 0 Å². The highest BCUT2D eigenvalue weighted by molar-refractivity contribution is 7.90. The average molecular weight is 353 g/mol. The van der Waals surface area contributed by atoms with E-state index >= 15 is 0 Å². The van der Waals surface area contributed by atoms with Crippen molar-refractivity contribution in [3.8, 4) is 0 Å². The maximum atomic E-state index is 12.0. The van der Waals surface area contributed by atoms with E-state index < -0.39 is 9.84 Å². The molecule has 3 heterocycles. The molecule has 0 amide bonds. The van der Waals surface area contributed by atoms with Gasteiger partial charge in [-0.15, -0.1) is 0 Å². The minimum absolute atomic E-state index is 0.191. The molecule has 8 nitrogen and oxygen atoms in total. The van der Waals surface area contributed by atoms with Crippen LogP contribution in [0.4, 0.5) is 0 Å². The molecule has 1 aliphatic heterocycles. The van der Waals surface area contributed by atoms with Crippen molar-refractivity contribution in [3.05, 3.63) is 30.1 Å². The molecular formula is C15H23N5O3S. The number of hydrogen-bond acceptors (Lipinski definition) is 6. The molecule has 0 saturated carbocycles. The molecule has 1 aliphatic rings. The van der Waals surface area contributed by atoms with Gasteiger partial charge < -0.3 is 9.30 Å². The second kappa shape index (κ2) is 6.66. The SMILES string of the molecule is CC(C)n1ccnc1CN1CCOCC1c1[nH]ncc1S(C)(=O)=O. The van der Waals surface area contributed by atoms with Crippen molar-refractivity contribution in [1.82, 2.24) is 24.6 Å². The number of imidazole rings is 1. The van der Waals surface area contributed by atoms with Crippen LogP contribution in [-0.4, -0.2) is 59.1 Å². The highest BCUT2D eigenvalue weighted by atomic mass is 32.2. The smallest absolute Gasteiger partial charge is 0.178 e. The molecule has 9 heteroatoms. The van der Waals surface area contributed by atoms with Crippen LogP contribution in [0.5, 0.6) is 0 Å². The Morgan fingerprint density at radius 2 is 2.25 bits per heavy atom. The number of aromatic amines is 1. The summed E-state index contributed by atoms with van der Waals surface area (Å²) in [6.07, 6.45) is 6.32. The van der Waals surface area contributed by atoms with Crippen LogP contribution < -0.4 is 0 Å². The monoisotopic (exact) mass is 353 g/mol. The third-order valence-corrected chi connectivity index (χ3v) is 5.38. The van der Waals surface area contributed by atoms with Gasteiger partial charge in [0, 0.05) is 31.2 Å². The summed E-state index contributed by atoms with van der Waals surface area (Å²) in [5, 5.41) is 6.78. The number of aromatic nitrogens is 4. The first-order valence-corrected chi connectivity index (χ1v) is 9.84. The normalized spacial score (nSPS) is 19.9. The van der Waals surface area contributed by atoms with Crippen molar-refractivity contribution >= 4 is 9.84 Å². The lowest BCUT2D eigenvalue weighted by molar-refractivity contribution is -0.0169. The summed E-state index contributed by atoms with van der Waals surface area (Å²) in [7, 11) is -3.34. The number of rotatable bonds is 5. The first-order valence-electron chi connectivity index (χ1n) is 7.94. The number of H-pyrrole nitrogens is 1. The van der Waals surface area contributed by atoms with Gasteiger partial charge in [0.15, 0.2) is 9.84 Å². The van der Waals surface area contributed by atoms with Crippen molar-refractivity contribution in [2.45, 2.75) is 37.4 Å². The lowest BCUT2D eigenvalue weighted by Crippen LogP contribution is -2.40. The predicted octanol–water partition coefficient (Wildman–Crippen LogP) is 1.16. The molecule has 1 unspecified atom stereocenters. The predicted molar refractivity (Wildman–Crippen MR) is 88.3 cm³/mol. The van der Waals surface area contributed by atoms with E-state index in [0.717, 1.165) is 5.82 Å². The molecule has 0 aromatic carbocycles. The minimum atomic E-state index is -3.34. The summed E-state index contributed by atoms with van der Waals surface area (Å²) in [6.45, 7) is 6.59. The standard InChI is InChI=1S/C15H23N5O3S/c1-11(2)20-5-4-16-14(20)9-19-6-7-23-10-12(19)15-13(8-17-18-15)24(3,21)22/h4-5,8,11-12H,6-7,9-10H2,1-3H3,(H,17,18). The van der Waals surface area contributed by atoms with E-state index in [9.17, 15) is 8.42 Å². The van der Waals surface area contributed by atoms with Gasteiger partial charge in [-0.3, -0.25) is 10.00 Å². The molecule has 0 bridgehead atoms. The Hall–Kier alpha value is -1.71. The first-order chi connectivity index (χ1) is 11.4. The van der Waals surface area contributed by atoms with E-state index in [1.807, 2.05) is 6.20 Å². The summed E-state index contributed by atoms with van der Waals surface area (Å²) in [4.78, 5) is 6.87. The number of hydrogen-bond donors (Lipinski definition) is 1. The summed E-state index contributed by atoms with van der Waals surface area (Å²) in [5.41, 5.74) is 0.583.